The third-order valence-corrected chi connectivity index (χ3v) is 4.80. The van der Waals surface area contributed by atoms with Gasteiger partial charge in [0.25, 0.3) is 0 Å². The lowest BCUT2D eigenvalue weighted by atomic mass is 9.75. The van der Waals surface area contributed by atoms with Crippen LogP contribution in [0.5, 0.6) is 0 Å². The molecule has 2 atom stereocenters. The smallest absolute Gasteiger partial charge is 0.411 e. The molecule has 5 heteroatoms. The summed E-state index contributed by atoms with van der Waals surface area (Å²) in [6.07, 6.45) is 3.90. The van der Waals surface area contributed by atoms with Gasteiger partial charge in [0.1, 0.15) is 19.1 Å². The number of rotatable bonds is 3. The lowest BCUT2D eigenvalue weighted by Gasteiger charge is -2.44. The van der Waals surface area contributed by atoms with Crippen molar-refractivity contribution in [2.75, 3.05) is 13.3 Å². The summed E-state index contributed by atoms with van der Waals surface area (Å²) in [6, 6.07) is 9.57. The molecule has 1 saturated carbocycles. The maximum absolute atomic E-state index is 12.2. The maximum atomic E-state index is 12.2. The highest BCUT2D eigenvalue weighted by molar-refractivity contribution is 5.81. The van der Waals surface area contributed by atoms with Crippen LogP contribution in [0.15, 0.2) is 43.0 Å². The minimum atomic E-state index is -0.440. The fourth-order valence-corrected chi connectivity index (χ4v) is 3.46. The monoisotopic (exact) mass is 329 g/mol. The Labute approximate surface area is 142 Å². The molecule has 0 N–H and O–H groups in total. The Bertz CT molecular complexity index is 605. The standard InChI is InChI=1S/C19H23NO4/c1-2-15-10-17(21)12-19(11-15)8-9-20(14-24-19)18(22)23-13-16-6-4-3-5-7-16/h2-7,15H,1,8-14H2. The van der Waals surface area contributed by atoms with Crippen molar-refractivity contribution >= 4 is 11.9 Å². The Balaban J connectivity index is 1.52. The molecule has 0 bridgehead atoms. The van der Waals surface area contributed by atoms with Gasteiger partial charge in [0.05, 0.1) is 5.60 Å². The second-order valence-electron chi connectivity index (χ2n) is 6.63. The first-order valence-corrected chi connectivity index (χ1v) is 8.34. The number of hydrogen-bond donors (Lipinski definition) is 0. The van der Waals surface area contributed by atoms with Crippen LogP contribution >= 0.6 is 0 Å². The normalized spacial score (nSPS) is 27.1. The summed E-state index contributed by atoms with van der Waals surface area (Å²) in [5.74, 6) is 0.383. The van der Waals surface area contributed by atoms with Gasteiger partial charge in [-0.2, -0.15) is 0 Å². The molecule has 2 fully saturated rings. The van der Waals surface area contributed by atoms with Gasteiger partial charge in [0.2, 0.25) is 0 Å². The minimum Gasteiger partial charge on any atom is -0.444 e. The second-order valence-corrected chi connectivity index (χ2v) is 6.63. The number of carbonyl (C=O) groups is 2. The van der Waals surface area contributed by atoms with Gasteiger partial charge in [-0.3, -0.25) is 9.69 Å². The van der Waals surface area contributed by atoms with E-state index in [0.717, 1.165) is 12.0 Å². The van der Waals surface area contributed by atoms with E-state index in [9.17, 15) is 9.59 Å². The van der Waals surface area contributed by atoms with Gasteiger partial charge in [-0.05, 0) is 24.3 Å². The number of allylic oxidation sites excluding steroid dienone is 1. The van der Waals surface area contributed by atoms with Gasteiger partial charge in [-0.1, -0.05) is 36.4 Å². The van der Waals surface area contributed by atoms with Gasteiger partial charge < -0.3 is 9.47 Å². The van der Waals surface area contributed by atoms with Gasteiger partial charge in [0.15, 0.2) is 0 Å². The molecule has 1 heterocycles. The number of amides is 1. The molecule has 1 aliphatic carbocycles. The van der Waals surface area contributed by atoms with Crippen LogP contribution in [-0.2, 0) is 20.9 Å². The van der Waals surface area contributed by atoms with E-state index in [1.165, 1.54) is 0 Å². The second kappa shape index (κ2) is 7.18. The maximum Gasteiger partial charge on any atom is 0.411 e. The van der Waals surface area contributed by atoms with Crippen LogP contribution in [0.3, 0.4) is 0 Å². The van der Waals surface area contributed by atoms with E-state index in [-0.39, 0.29) is 31.1 Å². The lowest BCUT2D eigenvalue weighted by molar-refractivity contribution is -0.161. The number of Topliss-reactive ketones (excluding diaryl/α,β-unsaturated/α-hetero) is 1. The van der Waals surface area contributed by atoms with E-state index >= 15 is 0 Å². The Morgan fingerprint density at radius 2 is 2.21 bits per heavy atom. The molecule has 1 spiro atoms. The molecule has 2 aliphatic rings. The molecule has 1 saturated heterocycles. The largest absolute Gasteiger partial charge is 0.444 e. The number of carbonyl (C=O) groups excluding carboxylic acids is 2. The fourth-order valence-electron chi connectivity index (χ4n) is 3.46. The Morgan fingerprint density at radius 1 is 1.42 bits per heavy atom. The van der Waals surface area contributed by atoms with Crippen molar-refractivity contribution in [1.82, 2.24) is 4.90 Å². The summed E-state index contributed by atoms with van der Waals surface area (Å²) in [5.41, 5.74) is 0.511. The van der Waals surface area contributed by atoms with E-state index in [1.54, 1.807) is 4.90 Å². The van der Waals surface area contributed by atoms with Crippen LogP contribution in [0.1, 0.15) is 31.2 Å². The predicted octanol–water partition coefficient (Wildman–Crippen LogP) is 3.30. The molecule has 3 rings (SSSR count). The highest BCUT2D eigenvalue weighted by Gasteiger charge is 2.43. The van der Waals surface area contributed by atoms with Crippen molar-refractivity contribution in [2.24, 2.45) is 5.92 Å². The highest BCUT2D eigenvalue weighted by Crippen LogP contribution is 2.38. The zero-order valence-electron chi connectivity index (χ0n) is 13.8. The van der Waals surface area contributed by atoms with E-state index in [0.29, 0.717) is 25.8 Å². The molecule has 128 valence electrons. The van der Waals surface area contributed by atoms with E-state index in [1.807, 2.05) is 36.4 Å². The molecular formula is C19H23NO4. The SMILES string of the molecule is C=CC1CC(=O)CC2(CCN(C(=O)OCc3ccccc3)CO2)C1. The first-order chi connectivity index (χ1) is 11.6. The molecule has 1 amide bonds. The molecule has 0 radical (unpaired) electrons. The Morgan fingerprint density at radius 3 is 2.88 bits per heavy atom. The zero-order chi connectivity index (χ0) is 17.0. The van der Waals surface area contributed by atoms with Crippen LogP contribution in [0.4, 0.5) is 4.79 Å². The van der Waals surface area contributed by atoms with Crippen molar-refractivity contribution < 1.29 is 19.1 Å². The van der Waals surface area contributed by atoms with Crippen LogP contribution < -0.4 is 0 Å². The Hall–Kier alpha value is -2.14. The molecule has 5 nitrogen and oxygen atoms in total. The number of hydrogen-bond acceptors (Lipinski definition) is 4. The number of ether oxygens (including phenoxy) is 2. The zero-order valence-corrected chi connectivity index (χ0v) is 13.8. The average molecular weight is 329 g/mol. The highest BCUT2D eigenvalue weighted by atomic mass is 16.6. The summed E-state index contributed by atoms with van der Waals surface area (Å²) in [5, 5.41) is 0. The van der Waals surface area contributed by atoms with E-state index in [2.05, 4.69) is 6.58 Å². The topological polar surface area (TPSA) is 55.8 Å². The third-order valence-electron chi connectivity index (χ3n) is 4.80. The molecule has 1 aliphatic heterocycles. The van der Waals surface area contributed by atoms with Crippen LogP contribution in [0, 0.1) is 5.92 Å². The number of ketones is 1. The third kappa shape index (κ3) is 3.85. The van der Waals surface area contributed by atoms with Crippen LogP contribution in [-0.4, -0.2) is 35.7 Å². The first-order valence-electron chi connectivity index (χ1n) is 8.34. The van der Waals surface area contributed by atoms with Crippen LogP contribution in [0.25, 0.3) is 0 Å². The summed E-state index contributed by atoms with van der Waals surface area (Å²) in [4.78, 5) is 25.7. The number of nitrogens with zero attached hydrogens (tertiary/aromatic N) is 1. The van der Waals surface area contributed by atoms with Crippen molar-refractivity contribution in [1.29, 1.82) is 0 Å². The van der Waals surface area contributed by atoms with Gasteiger partial charge in [-0.25, -0.2) is 4.79 Å². The van der Waals surface area contributed by atoms with Crippen molar-refractivity contribution in [3.05, 3.63) is 48.6 Å². The molecule has 2 unspecified atom stereocenters. The molecule has 1 aromatic rings. The van der Waals surface area contributed by atoms with Crippen molar-refractivity contribution in [3.63, 3.8) is 0 Å². The fraction of sp³-hybridized carbons (Fsp3) is 0.474. The molecular weight excluding hydrogens is 306 g/mol. The summed E-state index contributed by atoms with van der Waals surface area (Å²) >= 11 is 0. The van der Waals surface area contributed by atoms with Gasteiger partial charge in [-0.15, -0.1) is 6.58 Å². The first kappa shape index (κ1) is 16.7. The molecule has 0 aromatic heterocycles. The quantitative estimate of drug-likeness (QED) is 0.799. The van der Waals surface area contributed by atoms with Crippen molar-refractivity contribution in [2.45, 2.75) is 37.9 Å². The number of benzene rings is 1. The van der Waals surface area contributed by atoms with Crippen LogP contribution in [0.2, 0.25) is 0 Å². The minimum absolute atomic E-state index is 0.169. The lowest BCUT2D eigenvalue weighted by Crippen LogP contribution is -2.52. The summed E-state index contributed by atoms with van der Waals surface area (Å²) < 4.78 is 11.3. The van der Waals surface area contributed by atoms with E-state index < -0.39 is 5.60 Å². The van der Waals surface area contributed by atoms with Crippen molar-refractivity contribution in [3.8, 4) is 0 Å². The summed E-state index contributed by atoms with van der Waals surface area (Å²) in [6.45, 7) is 4.77. The van der Waals surface area contributed by atoms with Gasteiger partial charge >= 0.3 is 6.09 Å². The Kier molecular flexibility index (Phi) is 5.00. The molecule has 24 heavy (non-hydrogen) atoms. The predicted molar refractivity (Wildman–Crippen MR) is 89.2 cm³/mol. The summed E-state index contributed by atoms with van der Waals surface area (Å²) in [7, 11) is 0. The average Bonchev–Trinajstić information content (AvgIpc) is 2.60. The van der Waals surface area contributed by atoms with E-state index in [4.69, 9.17) is 9.47 Å². The molecule has 1 aromatic carbocycles. The van der Waals surface area contributed by atoms with Gasteiger partial charge in [0, 0.05) is 19.4 Å².